The molecule has 0 aliphatic rings. The van der Waals surface area contributed by atoms with E-state index in [9.17, 15) is 18.0 Å². The van der Waals surface area contributed by atoms with Gasteiger partial charge < -0.3 is 10.2 Å². The van der Waals surface area contributed by atoms with Crippen molar-refractivity contribution >= 4 is 39.1 Å². The van der Waals surface area contributed by atoms with Crippen LogP contribution in [0.5, 0.6) is 0 Å². The number of aryl methyl sites for hydroxylation is 1. The van der Waals surface area contributed by atoms with Gasteiger partial charge in [-0.2, -0.15) is 0 Å². The van der Waals surface area contributed by atoms with Gasteiger partial charge in [0, 0.05) is 17.6 Å². The van der Waals surface area contributed by atoms with Crippen LogP contribution in [0.4, 0.5) is 5.69 Å². The van der Waals surface area contributed by atoms with E-state index in [1.165, 1.54) is 17.0 Å². The second-order valence-electron chi connectivity index (χ2n) is 9.46. The predicted octanol–water partition coefficient (Wildman–Crippen LogP) is 4.83. The van der Waals surface area contributed by atoms with Crippen LogP contribution in [0.1, 0.15) is 31.9 Å². The number of anilines is 1. The van der Waals surface area contributed by atoms with Crippen molar-refractivity contribution in [2.75, 3.05) is 17.4 Å². The Morgan fingerprint density at radius 2 is 1.50 bits per heavy atom. The van der Waals surface area contributed by atoms with E-state index in [2.05, 4.69) is 5.32 Å². The SMILES string of the molecule is Cc1ccc(S(=O)(=O)N(CC(=O)N(CCc2ccccc2)C(C)C(=O)NC(C)C)c2ccc(Cl)cc2)cc1. The number of sulfonamides is 1. The largest absolute Gasteiger partial charge is 0.352 e. The molecule has 0 radical (unpaired) electrons. The van der Waals surface area contributed by atoms with Gasteiger partial charge in [0.15, 0.2) is 0 Å². The Kier molecular flexibility index (Phi) is 9.94. The summed E-state index contributed by atoms with van der Waals surface area (Å²) in [6, 6.07) is 21.4. The van der Waals surface area contributed by atoms with Crippen molar-refractivity contribution in [3.05, 3.63) is 95.0 Å². The highest BCUT2D eigenvalue weighted by Crippen LogP contribution is 2.26. The molecule has 2 amide bonds. The third kappa shape index (κ3) is 7.58. The predicted molar refractivity (Wildman–Crippen MR) is 152 cm³/mol. The second kappa shape index (κ2) is 12.9. The molecule has 1 N–H and O–H groups in total. The molecule has 3 aromatic carbocycles. The van der Waals surface area contributed by atoms with Crippen LogP contribution in [0.15, 0.2) is 83.8 Å². The number of carbonyl (C=O) groups is 2. The summed E-state index contributed by atoms with van der Waals surface area (Å²) >= 11 is 6.05. The fraction of sp³-hybridized carbons (Fsp3) is 0.310. The molecule has 0 bridgehead atoms. The molecule has 3 aromatic rings. The lowest BCUT2D eigenvalue weighted by atomic mass is 10.1. The first kappa shape index (κ1) is 29.2. The minimum atomic E-state index is -4.10. The van der Waals surface area contributed by atoms with Gasteiger partial charge in [0.25, 0.3) is 10.0 Å². The van der Waals surface area contributed by atoms with Crippen LogP contribution >= 0.6 is 11.6 Å². The fourth-order valence-electron chi connectivity index (χ4n) is 3.95. The number of rotatable bonds is 11. The first-order valence-electron chi connectivity index (χ1n) is 12.5. The van der Waals surface area contributed by atoms with Gasteiger partial charge in [0.1, 0.15) is 12.6 Å². The van der Waals surface area contributed by atoms with Gasteiger partial charge in [-0.1, -0.05) is 59.6 Å². The third-order valence-corrected chi connectivity index (χ3v) is 8.12. The van der Waals surface area contributed by atoms with Crippen LogP contribution in [-0.4, -0.2) is 50.3 Å². The second-order valence-corrected chi connectivity index (χ2v) is 11.8. The summed E-state index contributed by atoms with van der Waals surface area (Å²) in [6.07, 6.45) is 0.511. The molecule has 1 unspecified atom stereocenters. The minimum Gasteiger partial charge on any atom is -0.352 e. The first-order chi connectivity index (χ1) is 18.0. The van der Waals surface area contributed by atoms with E-state index in [0.717, 1.165) is 15.4 Å². The molecule has 0 heterocycles. The van der Waals surface area contributed by atoms with Crippen molar-refractivity contribution in [1.29, 1.82) is 0 Å². The van der Waals surface area contributed by atoms with Gasteiger partial charge in [-0.15, -0.1) is 0 Å². The summed E-state index contributed by atoms with van der Waals surface area (Å²) in [4.78, 5) is 28.2. The average molecular weight is 556 g/mol. The zero-order valence-corrected chi connectivity index (χ0v) is 23.7. The topological polar surface area (TPSA) is 86.8 Å². The van der Waals surface area contributed by atoms with Crippen LogP contribution in [0.25, 0.3) is 0 Å². The molecular weight excluding hydrogens is 522 g/mol. The zero-order chi connectivity index (χ0) is 27.9. The Bertz CT molecular complexity index is 1330. The maximum absolute atomic E-state index is 13.8. The number of benzene rings is 3. The number of hydrogen-bond acceptors (Lipinski definition) is 4. The molecule has 202 valence electrons. The van der Waals surface area contributed by atoms with Crippen molar-refractivity contribution in [1.82, 2.24) is 10.2 Å². The zero-order valence-electron chi connectivity index (χ0n) is 22.1. The highest BCUT2D eigenvalue weighted by atomic mass is 35.5. The van der Waals surface area contributed by atoms with Gasteiger partial charge in [-0.3, -0.25) is 13.9 Å². The van der Waals surface area contributed by atoms with Crippen LogP contribution < -0.4 is 9.62 Å². The van der Waals surface area contributed by atoms with Crippen molar-refractivity contribution in [2.24, 2.45) is 0 Å². The molecule has 3 rings (SSSR count). The molecule has 7 nitrogen and oxygen atoms in total. The van der Waals surface area contributed by atoms with Gasteiger partial charge >= 0.3 is 0 Å². The Hall–Kier alpha value is -3.36. The van der Waals surface area contributed by atoms with Crippen molar-refractivity contribution in [3.8, 4) is 0 Å². The van der Waals surface area contributed by atoms with E-state index in [0.29, 0.717) is 17.1 Å². The lowest BCUT2D eigenvalue weighted by Crippen LogP contribution is -2.53. The number of halogens is 1. The lowest BCUT2D eigenvalue weighted by Gasteiger charge is -2.32. The number of nitrogens with zero attached hydrogens (tertiary/aromatic N) is 2. The van der Waals surface area contributed by atoms with Crippen LogP contribution in [-0.2, 0) is 26.0 Å². The molecule has 9 heteroatoms. The van der Waals surface area contributed by atoms with Gasteiger partial charge in [0.05, 0.1) is 10.6 Å². The highest BCUT2D eigenvalue weighted by molar-refractivity contribution is 7.92. The van der Waals surface area contributed by atoms with E-state index < -0.39 is 28.5 Å². The van der Waals surface area contributed by atoms with E-state index in [1.54, 1.807) is 43.3 Å². The number of nitrogens with one attached hydrogen (secondary N) is 1. The summed E-state index contributed by atoms with van der Waals surface area (Å²) in [5.74, 6) is -0.793. The van der Waals surface area contributed by atoms with Crippen molar-refractivity contribution < 1.29 is 18.0 Å². The molecular formula is C29H34ClN3O4S. The van der Waals surface area contributed by atoms with Crippen molar-refractivity contribution in [2.45, 2.75) is 51.1 Å². The lowest BCUT2D eigenvalue weighted by molar-refractivity contribution is -0.139. The van der Waals surface area contributed by atoms with Gasteiger partial charge in [-0.25, -0.2) is 8.42 Å². The monoisotopic (exact) mass is 555 g/mol. The van der Waals surface area contributed by atoms with E-state index in [1.807, 2.05) is 51.1 Å². The summed E-state index contributed by atoms with van der Waals surface area (Å²) in [7, 11) is -4.10. The standard InChI is InChI=1S/C29H34ClN3O4S/c1-21(2)31-29(35)23(4)32(19-18-24-8-6-5-7-9-24)28(34)20-33(26-14-12-25(30)13-15-26)38(36,37)27-16-10-22(3)11-17-27/h5-17,21,23H,18-20H2,1-4H3,(H,31,35). The Morgan fingerprint density at radius 1 is 0.895 bits per heavy atom. The molecule has 0 aromatic heterocycles. The molecule has 0 aliphatic carbocycles. The maximum atomic E-state index is 13.8. The van der Waals surface area contributed by atoms with Gasteiger partial charge in [-0.05, 0) is 76.1 Å². The fourth-order valence-corrected chi connectivity index (χ4v) is 5.49. The molecule has 0 spiro atoms. The summed E-state index contributed by atoms with van der Waals surface area (Å²) in [6.45, 7) is 6.97. The van der Waals surface area contributed by atoms with E-state index in [-0.39, 0.29) is 23.4 Å². The van der Waals surface area contributed by atoms with E-state index >= 15 is 0 Å². The molecule has 0 saturated carbocycles. The molecule has 0 aliphatic heterocycles. The smallest absolute Gasteiger partial charge is 0.264 e. The van der Waals surface area contributed by atoms with Crippen LogP contribution in [0, 0.1) is 6.92 Å². The molecule has 0 fully saturated rings. The molecule has 1 atom stereocenters. The normalized spacial score (nSPS) is 12.2. The van der Waals surface area contributed by atoms with E-state index in [4.69, 9.17) is 11.6 Å². The quantitative estimate of drug-likeness (QED) is 0.367. The Balaban J connectivity index is 1.97. The number of hydrogen-bond donors (Lipinski definition) is 1. The first-order valence-corrected chi connectivity index (χ1v) is 14.3. The molecule has 38 heavy (non-hydrogen) atoms. The molecule has 0 saturated heterocycles. The minimum absolute atomic E-state index is 0.0623. The summed E-state index contributed by atoms with van der Waals surface area (Å²) < 4.78 is 28.6. The van der Waals surface area contributed by atoms with Gasteiger partial charge in [0.2, 0.25) is 11.8 Å². The van der Waals surface area contributed by atoms with Crippen LogP contribution in [0.2, 0.25) is 5.02 Å². The highest BCUT2D eigenvalue weighted by Gasteiger charge is 2.32. The number of carbonyl (C=O) groups excluding carboxylic acids is 2. The van der Waals surface area contributed by atoms with Crippen molar-refractivity contribution in [3.63, 3.8) is 0 Å². The Labute approximate surface area is 230 Å². The summed E-state index contributed by atoms with van der Waals surface area (Å²) in [5, 5.41) is 3.29. The van der Waals surface area contributed by atoms with Crippen LogP contribution in [0.3, 0.4) is 0 Å². The maximum Gasteiger partial charge on any atom is 0.264 e. The summed E-state index contributed by atoms with van der Waals surface area (Å²) in [5.41, 5.74) is 2.21. The Morgan fingerprint density at radius 3 is 2.08 bits per heavy atom. The third-order valence-electron chi connectivity index (χ3n) is 6.08. The average Bonchev–Trinajstić information content (AvgIpc) is 2.88. The number of amides is 2.